The third-order valence-electron chi connectivity index (χ3n) is 4.74. The van der Waals surface area contributed by atoms with Crippen LogP contribution in [0.25, 0.3) is 11.5 Å². The van der Waals surface area contributed by atoms with Crippen LogP contribution in [0.2, 0.25) is 0 Å². The average molecular weight is 333 g/mol. The molecule has 3 heterocycles. The summed E-state index contributed by atoms with van der Waals surface area (Å²) in [6.07, 6.45) is 2.98. The number of hydrogen-bond donors (Lipinski definition) is 1. The van der Waals surface area contributed by atoms with Gasteiger partial charge in [0.1, 0.15) is 11.5 Å². The fourth-order valence-corrected chi connectivity index (χ4v) is 3.52. The molecule has 4 rings (SSSR count). The minimum atomic E-state index is 0.459. The summed E-state index contributed by atoms with van der Waals surface area (Å²) in [5, 5.41) is 0. The molecule has 0 unspecified atom stereocenters. The summed E-state index contributed by atoms with van der Waals surface area (Å²) < 4.78 is 0. The Bertz CT molecular complexity index is 856. The molecule has 2 aromatic heterocycles. The van der Waals surface area contributed by atoms with E-state index < -0.39 is 0 Å². The molecule has 0 saturated carbocycles. The molecule has 1 saturated heterocycles. The molecule has 1 atom stereocenters. The average Bonchev–Trinajstić information content (AvgIpc) is 3.24. The van der Waals surface area contributed by atoms with Gasteiger partial charge in [0.05, 0.1) is 0 Å². The molecule has 25 heavy (non-hydrogen) atoms. The number of benzene rings is 1. The zero-order chi connectivity index (χ0) is 17.2. The van der Waals surface area contributed by atoms with Gasteiger partial charge < -0.3 is 4.98 Å². The van der Waals surface area contributed by atoms with E-state index in [1.165, 1.54) is 5.56 Å². The van der Waals surface area contributed by atoms with Gasteiger partial charge >= 0.3 is 0 Å². The Morgan fingerprint density at radius 3 is 2.76 bits per heavy atom. The second-order valence-corrected chi connectivity index (χ2v) is 6.85. The van der Waals surface area contributed by atoms with Crippen molar-refractivity contribution in [2.24, 2.45) is 0 Å². The van der Waals surface area contributed by atoms with Crippen LogP contribution in [0.1, 0.15) is 35.1 Å². The fraction of sp³-hybridized carbons (Fsp3) is 0.350. The van der Waals surface area contributed by atoms with Crippen molar-refractivity contribution in [3.8, 4) is 11.5 Å². The van der Waals surface area contributed by atoms with Crippen LogP contribution in [0.15, 0.2) is 42.6 Å². The Morgan fingerprint density at radius 1 is 1.16 bits per heavy atom. The summed E-state index contributed by atoms with van der Waals surface area (Å²) >= 11 is 0. The van der Waals surface area contributed by atoms with Crippen molar-refractivity contribution in [2.45, 2.75) is 32.7 Å². The van der Waals surface area contributed by atoms with Gasteiger partial charge in [-0.3, -0.25) is 4.90 Å². The summed E-state index contributed by atoms with van der Waals surface area (Å²) in [4.78, 5) is 19.5. The van der Waals surface area contributed by atoms with Crippen LogP contribution in [-0.4, -0.2) is 37.9 Å². The third kappa shape index (κ3) is 3.61. The van der Waals surface area contributed by atoms with Gasteiger partial charge in [0.2, 0.25) is 0 Å². The Labute approximate surface area is 148 Å². The van der Waals surface area contributed by atoms with Crippen LogP contribution < -0.4 is 0 Å². The van der Waals surface area contributed by atoms with Gasteiger partial charge in [0.25, 0.3) is 0 Å². The lowest BCUT2D eigenvalue weighted by Gasteiger charge is -2.16. The number of nitrogens with one attached hydrogen (secondary N) is 1. The molecule has 0 aliphatic carbocycles. The number of H-pyrrole nitrogens is 1. The number of aryl methyl sites for hydroxylation is 2. The second kappa shape index (κ2) is 6.76. The predicted molar refractivity (Wildman–Crippen MR) is 98.2 cm³/mol. The zero-order valence-electron chi connectivity index (χ0n) is 14.7. The Hall–Kier alpha value is -2.53. The highest BCUT2D eigenvalue weighted by atomic mass is 15.1. The normalized spacial score (nSPS) is 17.9. The molecular weight excluding hydrogens is 310 g/mol. The van der Waals surface area contributed by atoms with Gasteiger partial charge in [0, 0.05) is 36.6 Å². The van der Waals surface area contributed by atoms with E-state index in [0.717, 1.165) is 54.8 Å². The predicted octanol–water partition coefficient (Wildman–Crippen LogP) is 3.47. The molecule has 1 aromatic carbocycles. The highest BCUT2D eigenvalue weighted by molar-refractivity contribution is 5.50. The largest absolute Gasteiger partial charge is 0.341 e. The highest BCUT2D eigenvalue weighted by Gasteiger charge is 2.26. The molecule has 0 spiro atoms. The first-order valence-corrected chi connectivity index (χ1v) is 8.81. The summed E-state index contributed by atoms with van der Waals surface area (Å²) in [6, 6.07) is 12.8. The summed E-state index contributed by atoms with van der Waals surface area (Å²) in [7, 11) is 0. The first-order chi connectivity index (χ1) is 12.2. The number of aromatic nitrogens is 4. The van der Waals surface area contributed by atoms with Crippen LogP contribution in [-0.2, 0) is 6.54 Å². The molecule has 5 heteroatoms. The van der Waals surface area contributed by atoms with E-state index in [2.05, 4.69) is 56.3 Å². The third-order valence-corrected chi connectivity index (χ3v) is 4.74. The summed E-state index contributed by atoms with van der Waals surface area (Å²) in [5.41, 5.74) is 4.43. The number of likely N-dealkylation sites (tertiary alicyclic amines) is 1. The molecule has 1 N–H and O–H groups in total. The van der Waals surface area contributed by atoms with Crippen molar-refractivity contribution in [1.82, 2.24) is 24.8 Å². The summed E-state index contributed by atoms with van der Waals surface area (Å²) in [6.45, 7) is 7.12. The Morgan fingerprint density at radius 2 is 2.00 bits per heavy atom. The zero-order valence-corrected chi connectivity index (χ0v) is 14.7. The quantitative estimate of drug-likeness (QED) is 0.794. The lowest BCUT2D eigenvalue weighted by atomic mass is 10.0. The molecule has 0 amide bonds. The smallest absolute Gasteiger partial charge is 0.156 e. The first-order valence-electron chi connectivity index (χ1n) is 8.81. The molecule has 1 aliphatic heterocycles. The Balaban J connectivity index is 1.51. The van der Waals surface area contributed by atoms with Gasteiger partial charge in [-0.15, -0.1) is 0 Å². The minimum Gasteiger partial charge on any atom is -0.341 e. The number of aromatic amines is 1. The molecule has 0 radical (unpaired) electrons. The SMILES string of the molecule is Cc1nc(-c2ncc(C)[nH]2)cc([C@@H]2CCN(Cc3ccccc3)C2)n1. The van der Waals surface area contributed by atoms with Crippen molar-refractivity contribution in [3.63, 3.8) is 0 Å². The van der Waals surface area contributed by atoms with Gasteiger partial charge in [-0.25, -0.2) is 15.0 Å². The lowest BCUT2D eigenvalue weighted by Crippen LogP contribution is -2.20. The maximum Gasteiger partial charge on any atom is 0.156 e. The van der Waals surface area contributed by atoms with Crippen molar-refractivity contribution in [3.05, 3.63) is 65.4 Å². The van der Waals surface area contributed by atoms with E-state index in [9.17, 15) is 0 Å². The molecule has 128 valence electrons. The molecule has 1 aliphatic rings. The maximum atomic E-state index is 4.71. The van der Waals surface area contributed by atoms with Crippen LogP contribution in [0.4, 0.5) is 0 Å². The first kappa shape index (κ1) is 16.0. The van der Waals surface area contributed by atoms with Crippen molar-refractivity contribution < 1.29 is 0 Å². The molecule has 0 bridgehead atoms. The summed E-state index contributed by atoms with van der Waals surface area (Å²) in [5.74, 6) is 2.09. The monoisotopic (exact) mass is 333 g/mol. The lowest BCUT2D eigenvalue weighted by molar-refractivity contribution is 0.326. The number of hydrogen-bond acceptors (Lipinski definition) is 4. The molecular formula is C20H23N5. The van der Waals surface area contributed by atoms with E-state index in [1.807, 2.05) is 20.0 Å². The standard InChI is InChI=1S/C20H23N5/c1-14-11-21-20(22-14)19-10-18(23-15(2)24-19)17-8-9-25(13-17)12-16-6-4-3-5-7-16/h3-7,10-11,17H,8-9,12-13H2,1-2H3,(H,21,22)/t17-/m1/s1. The van der Waals surface area contributed by atoms with Gasteiger partial charge in [0.15, 0.2) is 5.82 Å². The molecule has 1 fully saturated rings. The van der Waals surface area contributed by atoms with Crippen molar-refractivity contribution in [1.29, 1.82) is 0 Å². The van der Waals surface area contributed by atoms with Crippen LogP contribution >= 0.6 is 0 Å². The van der Waals surface area contributed by atoms with E-state index in [-0.39, 0.29) is 0 Å². The van der Waals surface area contributed by atoms with Crippen LogP contribution in [0.5, 0.6) is 0 Å². The van der Waals surface area contributed by atoms with Gasteiger partial charge in [-0.05, 0) is 38.4 Å². The molecule has 3 aromatic rings. The minimum absolute atomic E-state index is 0.459. The van der Waals surface area contributed by atoms with Crippen molar-refractivity contribution >= 4 is 0 Å². The highest BCUT2D eigenvalue weighted by Crippen LogP contribution is 2.28. The molecule has 5 nitrogen and oxygen atoms in total. The van der Waals surface area contributed by atoms with E-state index in [4.69, 9.17) is 4.98 Å². The second-order valence-electron chi connectivity index (χ2n) is 6.85. The van der Waals surface area contributed by atoms with E-state index >= 15 is 0 Å². The number of nitrogens with zero attached hydrogens (tertiary/aromatic N) is 4. The van der Waals surface area contributed by atoms with Crippen LogP contribution in [0.3, 0.4) is 0 Å². The van der Waals surface area contributed by atoms with Gasteiger partial charge in [-0.1, -0.05) is 30.3 Å². The number of rotatable bonds is 4. The van der Waals surface area contributed by atoms with E-state index in [1.54, 1.807) is 0 Å². The van der Waals surface area contributed by atoms with Gasteiger partial charge in [-0.2, -0.15) is 0 Å². The van der Waals surface area contributed by atoms with Crippen molar-refractivity contribution in [2.75, 3.05) is 13.1 Å². The topological polar surface area (TPSA) is 57.7 Å². The van der Waals surface area contributed by atoms with Crippen LogP contribution in [0, 0.1) is 13.8 Å². The number of imidazole rings is 1. The fourth-order valence-electron chi connectivity index (χ4n) is 3.52. The van der Waals surface area contributed by atoms with E-state index in [0.29, 0.717) is 5.92 Å². The Kier molecular flexibility index (Phi) is 4.32. The maximum absolute atomic E-state index is 4.71.